The Kier molecular flexibility index (Phi) is 5.31. The van der Waals surface area contributed by atoms with Gasteiger partial charge in [-0.2, -0.15) is 0 Å². The molecule has 0 fully saturated rings. The quantitative estimate of drug-likeness (QED) is 0.203. The summed E-state index contributed by atoms with van der Waals surface area (Å²) < 4.78 is 2.04. The van der Waals surface area contributed by atoms with Crippen LogP contribution >= 0.6 is 22.7 Å². The molecule has 0 amide bonds. The molecule has 5 rings (SSSR count). The van der Waals surface area contributed by atoms with Crippen molar-refractivity contribution in [2.75, 3.05) is 0 Å². The summed E-state index contributed by atoms with van der Waals surface area (Å²) in [5, 5.41) is 26.9. The Hall–Kier alpha value is -2.17. The lowest BCUT2D eigenvalue weighted by Crippen LogP contribution is -2.40. The number of hydrogen-bond acceptors (Lipinski definition) is 4. The van der Waals surface area contributed by atoms with Crippen molar-refractivity contribution in [1.29, 1.82) is 0 Å². The minimum Gasteiger partial charge on any atom is -0.369 e. The molecule has 1 aliphatic rings. The van der Waals surface area contributed by atoms with Gasteiger partial charge >= 0.3 is 0 Å². The Morgan fingerprint density at radius 2 is 0.971 bits per heavy atom. The van der Waals surface area contributed by atoms with Gasteiger partial charge in [0.05, 0.1) is 9.75 Å². The predicted octanol–water partition coefficient (Wildman–Crippen LogP) is 6.66. The zero-order chi connectivity index (χ0) is 24.5. The van der Waals surface area contributed by atoms with Gasteiger partial charge in [0.1, 0.15) is 16.1 Å². The SMILES string of the molecule is C[Si](C)(C)C#CC1(O)c2sc3ccccc3c2C(O)(C#C[Si](C)(C)C)c2sc3ccccc3c21. The van der Waals surface area contributed by atoms with Crippen molar-refractivity contribution in [3.05, 3.63) is 69.4 Å². The average Bonchev–Trinajstić information content (AvgIpc) is 3.35. The fourth-order valence-corrected chi connectivity index (χ4v) is 8.07. The Morgan fingerprint density at radius 3 is 1.32 bits per heavy atom. The Morgan fingerprint density at radius 1 is 0.618 bits per heavy atom. The fraction of sp³-hybridized carbons (Fsp3) is 0.286. The monoisotopic (exact) mass is 516 g/mol. The van der Waals surface area contributed by atoms with Gasteiger partial charge in [0.25, 0.3) is 0 Å². The van der Waals surface area contributed by atoms with Crippen molar-refractivity contribution in [3.8, 4) is 22.9 Å². The molecule has 2 heterocycles. The highest BCUT2D eigenvalue weighted by Crippen LogP contribution is 2.57. The maximum absolute atomic E-state index is 12.5. The van der Waals surface area contributed by atoms with Crippen molar-refractivity contribution in [2.24, 2.45) is 0 Å². The molecule has 34 heavy (non-hydrogen) atoms. The van der Waals surface area contributed by atoms with E-state index in [2.05, 4.69) is 62.2 Å². The van der Waals surface area contributed by atoms with Crippen LogP contribution in [0.5, 0.6) is 0 Å². The first-order chi connectivity index (χ1) is 15.8. The fourth-order valence-electron chi connectivity index (χ4n) is 4.34. The molecule has 0 spiro atoms. The molecule has 0 bridgehead atoms. The van der Waals surface area contributed by atoms with Crippen molar-refractivity contribution < 1.29 is 10.2 Å². The lowest BCUT2D eigenvalue weighted by atomic mass is 9.74. The van der Waals surface area contributed by atoms with Crippen LogP contribution in [-0.2, 0) is 11.2 Å². The summed E-state index contributed by atoms with van der Waals surface area (Å²) >= 11 is 3.04. The molecule has 6 heteroatoms. The number of thiophene rings is 2. The first-order valence-corrected chi connectivity index (χ1v) is 20.1. The molecule has 0 saturated carbocycles. The maximum Gasteiger partial charge on any atom is 0.187 e. The molecular weight excluding hydrogens is 489 g/mol. The number of fused-ring (bicyclic) bond motifs is 6. The Labute approximate surface area is 211 Å². The van der Waals surface area contributed by atoms with Crippen LogP contribution in [0.15, 0.2) is 48.5 Å². The molecular formula is C28H28O2S2Si2. The zero-order valence-electron chi connectivity index (χ0n) is 20.3. The second-order valence-electron chi connectivity index (χ2n) is 11.0. The number of rotatable bonds is 0. The third-order valence-electron chi connectivity index (χ3n) is 5.81. The zero-order valence-corrected chi connectivity index (χ0v) is 24.0. The molecule has 0 saturated heterocycles. The molecule has 2 aromatic heterocycles. The van der Waals surface area contributed by atoms with Crippen LogP contribution in [0.25, 0.3) is 20.2 Å². The summed E-state index contributed by atoms with van der Waals surface area (Å²) in [6.45, 7) is 13.1. The van der Waals surface area contributed by atoms with Gasteiger partial charge in [-0.3, -0.25) is 0 Å². The largest absolute Gasteiger partial charge is 0.369 e. The van der Waals surface area contributed by atoms with Gasteiger partial charge in [0.15, 0.2) is 11.2 Å². The van der Waals surface area contributed by atoms with Gasteiger partial charge in [-0.15, -0.1) is 33.8 Å². The number of hydrogen-bond donors (Lipinski definition) is 2. The van der Waals surface area contributed by atoms with Gasteiger partial charge in [0, 0.05) is 31.3 Å². The minimum absolute atomic E-state index is 0.697. The Bertz CT molecular complexity index is 1460. The molecule has 4 aromatic rings. The maximum atomic E-state index is 12.5. The van der Waals surface area contributed by atoms with Crippen molar-refractivity contribution in [2.45, 2.75) is 50.5 Å². The average molecular weight is 517 g/mol. The van der Waals surface area contributed by atoms with E-state index in [-0.39, 0.29) is 0 Å². The van der Waals surface area contributed by atoms with E-state index in [1.807, 2.05) is 48.5 Å². The summed E-state index contributed by atoms with van der Waals surface area (Å²) in [5.41, 5.74) is 5.27. The van der Waals surface area contributed by atoms with Crippen LogP contribution in [0.2, 0.25) is 39.3 Å². The summed E-state index contributed by atoms with van der Waals surface area (Å²) in [7, 11) is -3.58. The van der Waals surface area contributed by atoms with Crippen LogP contribution in [-0.4, -0.2) is 26.4 Å². The summed E-state index contributed by atoms with van der Waals surface area (Å²) in [6, 6.07) is 16.1. The van der Waals surface area contributed by atoms with Gasteiger partial charge in [-0.25, -0.2) is 0 Å². The molecule has 1 aliphatic carbocycles. The van der Waals surface area contributed by atoms with E-state index in [9.17, 15) is 10.2 Å². The molecule has 2 unspecified atom stereocenters. The smallest absolute Gasteiger partial charge is 0.187 e. The van der Waals surface area contributed by atoms with Gasteiger partial charge in [-0.05, 0) is 12.1 Å². The molecule has 172 valence electrons. The van der Waals surface area contributed by atoms with Gasteiger partial charge < -0.3 is 10.2 Å². The van der Waals surface area contributed by atoms with E-state index in [1.54, 1.807) is 0 Å². The minimum atomic E-state index is -1.79. The van der Waals surface area contributed by atoms with Crippen LogP contribution < -0.4 is 0 Å². The van der Waals surface area contributed by atoms with E-state index in [0.717, 1.165) is 20.2 Å². The molecule has 0 aliphatic heterocycles. The predicted molar refractivity (Wildman–Crippen MR) is 152 cm³/mol. The highest BCUT2D eigenvalue weighted by Gasteiger charge is 2.53. The van der Waals surface area contributed by atoms with Crippen LogP contribution in [0.4, 0.5) is 0 Å². The summed E-state index contributed by atoms with van der Waals surface area (Å²) in [5.74, 6) is 6.67. The second-order valence-corrected chi connectivity index (χ2v) is 22.6. The van der Waals surface area contributed by atoms with Crippen LogP contribution in [0.3, 0.4) is 0 Å². The van der Waals surface area contributed by atoms with E-state index in [1.165, 1.54) is 22.7 Å². The summed E-state index contributed by atoms with van der Waals surface area (Å²) in [4.78, 5) is 1.39. The molecule has 2 aromatic carbocycles. The lowest BCUT2D eigenvalue weighted by molar-refractivity contribution is 0.104. The topological polar surface area (TPSA) is 40.5 Å². The standard InChI is InChI=1S/C28H28O2S2Si2/c1-33(2,3)17-15-27(29)23-19-11-7-9-13-21(19)32-26(23)28(30,16-18-34(4,5)6)24-20-12-8-10-14-22(20)31-25(24)27/h7-14,29-30H,1-6H3. The number of benzene rings is 2. The first kappa shape index (κ1) is 23.6. The van der Waals surface area contributed by atoms with Gasteiger partial charge in [-0.1, -0.05) is 87.5 Å². The molecule has 2 nitrogen and oxygen atoms in total. The molecule has 0 radical (unpaired) electrons. The van der Waals surface area contributed by atoms with E-state index in [4.69, 9.17) is 0 Å². The third-order valence-corrected chi connectivity index (χ3v) is 10.1. The van der Waals surface area contributed by atoms with E-state index >= 15 is 0 Å². The van der Waals surface area contributed by atoms with Gasteiger partial charge in [0.2, 0.25) is 0 Å². The van der Waals surface area contributed by atoms with E-state index in [0.29, 0.717) is 20.9 Å². The van der Waals surface area contributed by atoms with Crippen LogP contribution in [0.1, 0.15) is 20.9 Å². The summed E-state index contributed by atoms with van der Waals surface area (Å²) in [6.07, 6.45) is 0. The number of aliphatic hydroxyl groups is 2. The van der Waals surface area contributed by atoms with E-state index < -0.39 is 27.3 Å². The molecule has 2 atom stereocenters. The van der Waals surface area contributed by atoms with Crippen molar-refractivity contribution in [1.82, 2.24) is 0 Å². The van der Waals surface area contributed by atoms with Crippen LogP contribution in [0, 0.1) is 22.9 Å². The highest BCUT2D eigenvalue weighted by atomic mass is 32.1. The Balaban J connectivity index is 1.99. The van der Waals surface area contributed by atoms with Crippen molar-refractivity contribution in [3.63, 3.8) is 0 Å². The second kappa shape index (κ2) is 7.67. The normalized spacial score (nSPS) is 21.9. The van der Waals surface area contributed by atoms with Crippen molar-refractivity contribution >= 4 is 59.0 Å². The highest BCUT2D eigenvalue weighted by molar-refractivity contribution is 7.20. The third kappa shape index (κ3) is 3.70. The first-order valence-electron chi connectivity index (χ1n) is 11.4. The lowest BCUT2D eigenvalue weighted by Gasteiger charge is -2.36. The molecule has 2 N–H and O–H groups in total.